The van der Waals surface area contributed by atoms with E-state index in [2.05, 4.69) is 24.1 Å². The smallest absolute Gasteiger partial charge is 0.277 e. The Hall–Kier alpha value is -2.14. The molecule has 3 aromatic rings. The molecule has 0 bridgehead atoms. The summed E-state index contributed by atoms with van der Waals surface area (Å²) in [5.74, 6) is 0. The summed E-state index contributed by atoms with van der Waals surface area (Å²) < 4.78 is 1.68. The van der Waals surface area contributed by atoms with Crippen molar-refractivity contribution >= 4 is 21.9 Å². The van der Waals surface area contributed by atoms with Crippen molar-refractivity contribution in [2.75, 3.05) is 20.6 Å². The van der Waals surface area contributed by atoms with Crippen LogP contribution in [-0.4, -0.2) is 35.2 Å². The van der Waals surface area contributed by atoms with E-state index in [0.717, 1.165) is 23.0 Å². The third-order valence-corrected chi connectivity index (χ3v) is 3.58. The highest BCUT2D eigenvalue weighted by Gasteiger charge is 2.11. The molecule has 5 nitrogen and oxygen atoms in total. The number of quaternary nitrogens is 1. The first-order valence-corrected chi connectivity index (χ1v) is 6.83. The van der Waals surface area contributed by atoms with E-state index in [1.807, 2.05) is 25.1 Å². The highest BCUT2D eigenvalue weighted by atomic mass is 16.1. The lowest BCUT2D eigenvalue weighted by atomic mass is 10.2. The minimum atomic E-state index is 0.00473. The second kappa shape index (κ2) is 4.76. The number of hydrogen-bond donors (Lipinski definition) is 2. The van der Waals surface area contributed by atoms with Crippen molar-refractivity contribution in [2.45, 2.75) is 13.5 Å². The van der Waals surface area contributed by atoms with E-state index < -0.39 is 0 Å². The maximum absolute atomic E-state index is 12.5. The molecule has 0 atom stereocenters. The molecule has 1 aromatic carbocycles. The molecule has 0 spiro atoms. The van der Waals surface area contributed by atoms with Crippen molar-refractivity contribution in [3.63, 3.8) is 0 Å². The highest BCUT2D eigenvalue weighted by Crippen LogP contribution is 2.21. The average Bonchev–Trinajstić information content (AvgIpc) is 2.76. The second-order valence-corrected chi connectivity index (χ2v) is 5.60. The van der Waals surface area contributed by atoms with E-state index >= 15 is 0 Å². The first-order chi connectivity index (χ1) is 9.56. The molecule has 0 saturated heterocycles. The Morgan fingerprint density at radius 1 is 1.35 bits per heavy atom. The van der Waals surface area contributed by atoms with Gasteiger partial charge in [0, 0.05) is 10.9 Å². The van der Waals surface area contributed by atoms with Crippen LogP contribution in [0.1, 0.15) is 5.56 Å². The third-order valence-electron chi connectivity index (χ3n) is 3.58. The monoisotopic (exact) mass is 271 g/mol. The molecule has 0 aliphatic rings. The minimum absolute atomic E-state index is 0.00473. The molecule has 0 aliphatic carbocycles. The number of aryl methyl sites for hydroxylation is 1. The summed E-state index contributed by atoms with van der Waals surface area (Å²) in [6.07, 6.45) is 1.65. The average molecular weight is 271 g/mol. The zero-order chi connectivity index (χ0) is 14.3. The van der Waals surface area contributed by atoms with Crippen LogP contribution in [-0.2, 0) is 6.54 Å². The molecule has 0 aliphatic heterocycles. The molecule has 0 saturated carbocycles. The Labute approximate surface area is 116 Å². The van der Waals surface area contributed by atoms with Crippen LogP contribution in [0.3, 0.4) is 0 Å². The van der Waals surface area contributed by atoms with Crippen LogP contribution in [0.25, 0.3) is 21.9 Å². The summed E-state index contributed by atoms with van der Waals surface area (Å²) in [5.41, 5.74) is 3.51. The van der Waals surface area contributed by atoms with Crippen molar-refractivity contribution < 1.29 is 4.90 Å². The molecule has 0 radical (unpaired) electrons. The van der Waals surface area contributed by atoms with Crippen molar-refractivity contribution in [1.29, 1.82) is 0 Å². The van der Waals surface area contributed by atoms with Gasteiger partial charge in [-0.1, -0.05) is 12.1 Å². The van der Waals surface area contributed by atoms with Gasteiger partial charge >= 0.3 is 0 Å². The zero-order valence-corrected chi connectivity index (χ0v) is 12.0. The van der Waals surface area contributed by atoms with Gasteiger partial charge in [0.25, 0.3) is 5.56 Å². The fraction of sp³-hybridized carbons (Fsp3) is 0.333. The molecular formula is C15H19N4O+. The summed E-state index contributed by atoms with van der Waals surface area (Å²) in [5, 5.41) is 1.01. The Bertz CT molecular complexity index is 829. The first kappa shape index (κ1) is 12.9. The van der Waals surface area contributed by atoms with E-state index in [1.54, 1.807) is 10.9 Å². The fourth-order valence-corrected chi connectivity index (χ4v) is 2.41. The van der Waals surface area contributed by atoms with Gasteiger partial charge in [-0.25, -0.2) is 4.98 Å². The van der Waals surface area contributed by atoms with Crippen molar-refractivity contribution in [3.05, 3.63) is 40.4 Å². The summed E-state index contributed by atoms with van der Waals surface area (Å²) in [6, 6.07) is 6.10. The van der Waals surface area contributed by atoms with E-state index in [4.69, 9.17) is 0 Å². The molecule has 0 amide bonds. The lowest BCUT2D eigenvalue weighted by Crippen LogP contribution is -3.06. The summed E-state index contributed by atoms with van der Waals surface area (Å²) in [4.78, 5) is 21.5. The number of aromatic nitrogens is 3. The molecule has 0 fully saturated rings. The lowest BCUT2D eigenvalue weighted by Gasteiger charge is -2.08. The van der Waals surface area contributed by atoms with Crippen LogP contribution in [0.15, 0.2) is 29.3 Å². The van der Waals surface area contributed by atoms with Crippen LogP contribution < -0.4 is 10.5 Å². The Morgan fingerprint density at radius 3 is 2.90 bits per heavy atom. The van der Waals surface area contributed by atoms with E-state index in [1.165, 1.54) is 10.5 Å². The number of nitrogens with zero attached hydrogens (tertiary/aromatic N) is 2. The number of aromatic amines is 1. The van der Waals surface area contributed by atoms with Crippen molar-refractivity contribution in [3.8, 4) is 0 Å². The van der Waals surface area contributed by atoms with Gasteiger partial charge in [0.15, 0.2) is 0 Å². The van der Waals surface area contributed by atoms with Crippen molar-refractivity contribution in [1.82, 2.24) is 14.5 Å². The molecule has 2 aromatic heterocycles. The fourth-order valence-electron chi connectivity index (χ4n) is 2.41. The van der Waals surface area contributed by atoms with Gasteiger partial charge in [-0.05, 0) is 18.6 Å². The number of benzene rings is 1. The predicted octanol–water partition coefficient (Wildman–Crippen LogP) is 0.331. The molecule has 20 heavy (non-hydrogen) atoms. The van der Waals surface area contributed by atoms with Crippen LogP contribution >= 0.6 is 0 Å². The SMILES string of the molecule is Cc1ccc2c(c1)[nH]c1c(=O)n(CC[NH+](C)C)cnc12. The van der Waals surface area contributed by atoms with Gasteiger partial charge in [-0.2, -0.15) is 0 Å². The lowest BCUT2D eigenvalue weighted by molar-refractivity contribution is -0.858. The molecule has 3 rings (SSSR count). The van der Waals surface area contributed by atoms with Gasteiger partial charge in [0.2, 0.25) is 0 Å². The zero-order valence-electron chi connectivity index (χ0n) is 12.0. The topological polar surface area (TPSA) is 55.1 Å². The number of hydrogen-bond acceptors (Lipinski definition) is 2. The van der Waals surface area contributed by atoms with Crippen LogP contribution in [0, 0.1) is 6.92 Å². The van der Waals surface area contributed by atoms with E-state index in [-0.39, 0.29) is 5.56 Å². The summed E-state index contributed by atoms with van der Waals surface area (Å²) >= 11 is 0. The maximum atomic E-state index is 12.5. The molecule has 5 heteroatoms. The van der Waals surface area contributed by atoms with Gasteiger partial charge in [-0.3, -0.25) is 9.36 Å². The highest BCUT2D eigenvalue weighted by molar-refractivity contribution is 6.04. The maximum Gasteiger partial charge on any atom is 0.277 e. The van der Waals surface area contributed by atoms with Gasteiger partial charge in [0.1, 0.15) is 11.0 Å². The third kappa shape index (κ3) is 2.10. The number of rotatable bonds is 3. The van der Waals surface area contributed by atoms with E-state index in [9.17, 15) is 4.79 Å². The molecule has 104 valence electrons. The summed E-state index contributed by atoms with van der Waals surface area (Å²) in [7, 11) is 4.14. The van der Waals surface area contributed by atoms with Crippen LogP contribution in [0.4, 0.5) is 0 Å². The second-order valence-electron chi connectivity index (χ2n) is 5.60. The van der Waals surface area contributed by atoms with Gasteiger partial charge in [0.05, 0.1) is 33.5 Å². The molecule has 2 heterocycles. The Morgan fingerprint density at radius 2 is 2.15 bits per heavy atom. The Kier molecular flexibility index (Phi) is 3.06. The number of fused-ring (bicyclic) bond motifs is 3. The molecular weight excluding hydrogens is 252 g/mol. The minimum Gasteiger partial charge on any atom is -0.349 e. The Balaban J connectivity index is 2.17. The largest absolute Gasteiger partial charge is 0.349 e. The normalized spacial score (nSPS) is 11.8. The molecule has 0 unspecified atom stereocenters. The molecule has 2 N–H and O–H groups in total. The van der Waals surface area contributed by atoms with Gasteiger partial charge in [-0.15, -0.1) is 0 Å². The van der Waals surface area contributed by atoms with E-state index in [0.29, 0.717) is 12.1 Å². The number of H-pyrrole nitrogens is 1. The standard InChI is InChI=1S/C15H18N4O/c1-10-4-5-11-12(8-10)17-14-13(11)16-9-19(15(14)20)7-6-18(2)3/h4-5,8-9,17H,6-7H2,1-3H3/p+1. The van der Waals surface area contributed by atoms with Crippen LogP contribution in [0.5, 0.6) is 0 Å². The quantitative estimate of drug-likeness (QED) is 0.721. The van der Waals surface area contributed by atoms with Gasteiger partial charge < -0.3 is 9.88 Å². The van der Waals surface area contributed by atoms with Crippen molar-refractivity contribution in [2.24, 2.45) is 0 Å². The first-order valence-electron chi connectivity index (χ1n) is 6.83. The van der Waals surface area contributed by atoms with Crippen LogP contribution in [0.2, 0.25) is 0 Å². The summed E-state index contributed by atoms with van der Waals surface area (Å²) in [6.45, 7) is 3.61. The number of likely N-dealkylation sites (N-methyl/N-ethyl adjacent to an activating group) is 1. The predicted molar refractivity (Wildman–Crippen MR) is 80.3 cm³/mol. The number of nitrogens with one attached hydrogen (secondary N) is 2.